The predicted molar refractivity (Wildman–Crippen MR) is 145 cm³/mol. The third kappa shape index (κ3) is 8.53. The predicted octanol–water partition coefficient (Wildman–Crippen LogP) is -0.185. The third-order valence-corrected chi connectivity index (χ3v) is 6.76. The molecule has 0 bridgehead atoms. The van der Waals surface area contributed by atoms with Crippen molar-refractivity contribution in [3.8, 4) is 5.75 Å². The fraction of sp³-hybridized carbons (Fsp3) is 0.393. The molecule has 1 aliphatic heterocycles. The molecule has 2 aromatic rings. The number of rotatable bonds is 13. The van der Waals surface area contributed by atoms with Gasteiger partial charge in [0, 0.05) is 19.4 Å². The SMILES string of the molecule is NC(=O)CCC(NC(=O)C(Cc1ccccc1)NC(=O)C(N)Cc1ccc(O)cc1)C(=O)N1CCCC1C(=O)O. The first-order valence-corrected chi connectivity index (χ1v) is 13.0. The summed E-state index contributed by atoms with van der Waals surface area (Å²) < 4.78 is 0. The van der Waals surface area contributed by atoms with E-state index in [1.165, 1.54) is 17.0 Å². The highest BCUT2D eigenvalue weighted by Crippen LogP contribution is 2.20. The van der Waals surface area contributed by atoms with Gasteiger partial charge < -0.3 is 37.2 Å². The number of nitrogens with zero attached hydrogens (tertiary/aromatic N) is 1. The number of benzene rings is 2. The molecule has 0 aliphatic carbocycles. The Hall–Kier alpha value is -4.45. The van der Waals surface area contributed by atoms with Crippen molar-refractivity contribution >= 4 is 29.6 Å². The maximum absolute atomic E-state index is 13.5. The van der Waals surface area contributed by atoms with Crippen LogP contribution in [0, 0.1) is 0 Å². The Morgan fingerprint density at radius 2 is 1.52 bits per heavy atom. The zero-order chi connectivity index (χ0) is 29.2. The second kappa shape index (κ2) is 14.1. The van der Waals surface area contributed by atoms with Crippen LogP contribution < -0.4 is 22.1 Å². The van der Waals surface area contributed by atoms with E-state index in [1.54, 1.807) is 42.5 Å². The number of nitrogens with one attached hydrogen (secondary N) is 2. The van der Waals surface area contributed by atoms with Crippen molar-refractivity contribution in [2.75, 3.05) is 6.54 Å². The lowest BCUT2D eigenvalue weighted by Gasteiger charge is -2.29. The van der Waals surface area contributed by atoms with Gasteiger partial charge in [-0.05, 0) is 48.9 Å². The number of amides is 4. The number of phenols is 1. The number of aromatic hydroxyl groups is 1. The molecule has 1 fully saturated rings. The molecule has 8 N–H and O–H groups in total. The number of carboxylic acid groups (broad SMARTS) is 1. The molecule has 4 amide bonds. The highest BCUT2D eigenvalue weighted by Gasteiger charge is 2.38. The molecule has 3 rings (SSSR count). The van der Waals surface area contributed by atoms with Crippen LogP contribution in [0.15, 0.2) is 54.6 Å². The van der Waals surface area contributed by atoms with Gasteiger partial charge in [-0.3, -0.25) is 19.2 Å². The molecule has 4 atom stereocenters. The largest absolute Gasteiger partial charge is 0.508 e. The first-order valence-electron chi connectivity index (χ1n) is 13.0. The zero-order valence-corrected chi connectivity index (χ0v) is 22.0. The first kappa shape index (κ1) is 30.1. The Labute approximate surface area is 231 Å². The Kier molecular flexibility index (Phi) is 10.6. The number of nitrogens with two attached hydrogens (primary N) is 2. The lowest BCUT2D eigenvalue weighted by Crippen LogP contribution is -2.58. The van der Waals surface area contributed by atoms with Gasteiger partial charge in [-0.25, -0.2) is 4.79 Å². The van der Waals surface area contributed by atoms with Gasteiger partial charge >= 0.3 is 5.97 Å². The zero-order valence-electron chi connectivity index (χ0n) is 22.0. The van der Waals surface area contributed by atoms with Crippen molar-refractivity contribution in [2.45, 2.75) is 62.7 Å². The van der Waals surface area contributed by atoms with Crippen LogP contribution in [0.3, 0.4) is 0 Å². The summed E-state index contributed by atoms with van der Waals surface area (Å²) in [6, 6.07) is 10.7. The van der Waals surface area contributed by atoms with E-state index in [2.05, 4.69) is 10.6 Å². The number of carbonyl (C=O) groups excluding carboxylic acids is 4. The molecule has 40 heavy (non-hydrogen) atoms. The summed E-state index contributed by atoms with van der Waals surface area (Å²) in [6.07, 6.45) is 0.665. The van der Waals surface area contributed by atoms with Gasteiger partial charge in [-0.15, -0.1) is 0 Å². The number of likely N-dealkylation sites (tertiary alicyclic amines) is 1. The molecule has 0 aromatic heterocycles. The number of hydrogen-bond acceptors (Lipinski definition) is 7. The summed E-state index contributed by atoms with van der Waals surface area (Å²) in [4.78, 5) is 64.1. The van der Waals surface area contributed by atoms with E-state index in [9.17, 15) is 34.2 Å². The smallest absolute Gasteiger partial charge is 0.326 e. The van der Waals surface area contributed by atoms with Crippen molar-refractivity contribution in [1.29, 1.82) is 0 Å². The normalized spacial score (nSPS) is 16.9. The van der Waals surface area contributed by atoms with E-state index < -0.39 is 53.8 Å². The summed E-state index contributed by atoms with van der Waals surface area (Å²) in [6.45, 7) is 0.203. The number of aliphatic carboxylic acids is 1. The van der Waals surface area contributed by atoms with Gasteiger partial charge in [0.05, 0.1) is 6.04 Å². The van der Waals surface area contributed by atoms with Gasteiger partial charge in [0.15, 0.2) is 0 Å². The Bertz CT molecular complexity index is 1210. The van der Waals surface area contributed by atoms with Crippen molar-refractivity contribution in [3.63, 3.8) is 0 Å². The van der Waals surface area contributed by atoms with E-state index >= 15 is 0 Å². The average molecular weight is 554 g/mol. The number of primary amides is 1. The number of phenolic OH excluding ortho intramolecular Hbond substituents is 1. The lowest BCUT2D eigenvalue weighted by atomic mass is 10.0. The highest BCUT2D eigenvalue weighted by molar-refractivity contribution is 5.94. The summed E-state index contributed by atoms with van der Waals surface area (Å²) >= 11 is 0. The molecule has 0 saturated carbocycles. The standard InChI is InChI=1S/C28H35N5O7/c29-20(15-18-8-10-19(34)11-9-18)25(36)32-22(16-17-5-2-1-3-6-17)26(37)31-21(12-13-24(30)35)27(38)33-14-4-7-23(33)28(39)40/h1-3,5-6,8-11,20-23,34H,4,7,12-16,29H2,(H2,30,35)(H,31,37)(H,32,36)(H,39,40). The second-order valence-corrected chi connectivity index (χ2v) is 9.82. The third-order valence-electron chi connectivity index (χ3n) is 6.76. The van der Waals surface area contributed by atoms with E-state index in [0.717, 1.165) is 5.56 Å². The molecule has 12 nitrogen and oxygen atoms in total. The van der Waals surface area contributed by atoms with Crippen LogP contribution in [0.1, 0.15) is 36.8 Å². The summed E-state index contributed by atoms with van der Waals surface area (Å²) in [5, 5.41) is 24.3. The summed E-state index contributed by atoms with van der Waals surface area (Å²) in [5.74, 6) is -3.68. The summed E-state index contributed by atoms with van der Waals surface area (Å²) in [7, 11) is 0. The number of carbonyl (C=O) groups is 5. The molecular weight excluding hydrogens is 518 g/mol. The molecule has 4 unspecified atom stereocenters. The molecule has 214 valence electrons. The van der Waals surface area contributed by atoms with E-state index in [0.29, 0.717) is 12.0 Å². The molecule has 0 radical (unpaired) electrons. The average Bonchev–Trinajstić information content (AvgIpc) is 3.42. The minimum Gasteiger partial charge on any atom is -0.508 e. The van der Waals surface area contributed by atoms with Crippen molar-refractivity contribution in [1.82, 2.24) is 15.5 Å². The lowest BCUT2D eigenvalue weighted by molar-refractivity contribution is -0.149. The Balaban J connectivity index is 1.78. The molecule has 1 aliphatic rings. The van der Waals surface area contributed by atoms with Crippen molar-refractivity contribution in [3.05, 3.63) is 65.7 Å². The maximum atomic E-state index is 13.5. The van der Waals surface area contributed by atoms with Gasteiger partial charge in [0.25, 0.3) is 0 Å². The number of carboxylic acids is 1. The number of hydrogen-bond donors (Lipinski definition) is 6. The van der Waals surface area contributed by atoms with E-state index in [4.69, 9.17) is 11.5 Å². The molecule has 2 aromatic carbocycles. The minimum atomic E-state index is -1.22. The Morgan fingerprint density at radius 1 is 0.900 bits per heavy atom. The van der Waals surface area contributed by atoms with Gasteiger partial charge in [0.1, 0.15) is 23.9 Å². The second-order valence-electron chi connectivity index (χ2n) is 9.82. The van der Waals surface area contributed by atoms with Crippen molar-refractivity contribution < 1.29 is 34.2 Å². The fourth-order valence-corrected chi connectivity index (χ4v) is 4.62. The topological polar surface area (TPSA) is 205 Å². The minimum absolute atomic E-state index is 0.0745. The van der Waals surface area contributed by atoms with Crippen molar-refractivity contribution in [2.24, 2.45) is 11.5 Å². The van der Waals surface area contributed by atoms with Crippen LogP contribution in [0.25, 0.3) is 0 Å². The van der Waals surface area contributed by atoms with E-state index in [1.807, 2.05) is 0 Å². The Morgan fingerprint density at radius 3 is 2.15 bits per heavy atom. The van der Waals surface area contributed by atoms with Crippen LogP contribution >= 0.6 is 0 Å². The fourth-order valence-electron chi connectivity index (χ4n) is 4.62. The van der Waals surface area contributed by atoms with Crippen LogP contribution in [0.4, 0.5) is 0 Å². The van der Waals surface area contributed by atoms with Crippen LogP contribution in [-0.4, -0.2) is 75.4 Å². The molecule has 1 heterocycles. The van der Waals surface area contributed by atoms with Gasteiger partial charge in [0.2, 0.25) is 23.6 Å². The first-order chi connectivity index (χ1) is 19.0. The monoisotopic (exact) mass is 553 g/mol. The molecule has 0 spiro atoms. The highest BCUT2D eigenvalue weighted by atomic mass is 16.4. The van der Waals surface area contributed by atoms with Gasteiger partial charge in [-0.2, -0.15) is 0 Å². The van der Waals surface area contributed by atoms with Crippen LogP contribution in [0.2, 0.25) is 0 Å². The van der Waals surface area contributed by atoms with Crippen LogP contribution in [0.5, 0.6) is 5.75 Å². The summed E-state index contributed by atoms with van der Waals surface area (Å²) in [5.41, 5.74) is 12.8. The molecular formula is C28H35N5O7. The molecule has 12 heteroatoms. The quantitative estimate of drug-likeness (QED) is 0.196. The molecule has 1 saturated heterocycles. The maximum Gasteiger partial charge on any atom is 0.326 e. The van der Waals surface area contributed by atoms with Gasteiger partial charge in [-0.1, -0.05) is 42.5 Å². The van der Waals surface area contributed by atoms with E-state index in [-0.39, 0.29) is 44.4 Å². The van der Waals surface area contributed by atoms with Crippen LogP contribution in [-0.2, 0) is 36.8 Å².